The summed E-state index contributed by atoms with van der Waals surface area (Å²) in [6, 6.07) is 9.66. The maximum Gasteiger partial charge on any atom is 0.387 e. The van der Waals surface area contributed by atoms with Gasteiger partial charge in [-0.1, -0.05) is 6.07 Å². The smallest absolute Gasteiger partial charge is 0.387 e. The largest absolute Gasteiger partial charge is 0.435 e. The van der Waals surface area contributed by atoms with Crippen LogP contribution in [-0.2, 0) is 4.79 Å². The molecule has 0 radical (unpaired) electrons. The maximum absolute atomic E-state index is 13.8. The van der Waals surface area contributed by atoms with Crippen molar-refractivity contribution in [3.63, 3.8) is 0 Å². The summed E-state index contributed by atoms with van der Waals surface area (Å²) >= 11 is 0. The fraction of sp³-hybridized carbons (Fsp3) is 0.364. The number of piperazine rings is 1. The van der Waals surface area contributed by atoms with E-state index in [9.17, 15) is 22.8 Å². The van der Waals surface area contributed by atoms with Crippen molar-refractivity contribution in [2.24, 2.45) is 0 Å². The predicted octanol–water partition coefficient (Wildman–Crippen LogP) is 3.52. The average Bonchev–Trinajstić information content (AvgIpc) is 2.75. The number of nitrogens with zero attached hydrogens (tertiary/aromatic N) is 2. The molecule has 6 nitrogen and oxygen atoms in total. The summed E-state index contributed by atoms with van der Waals surface area (Å²) in [5, 5.41) is 2.74. The Kier molecular flexibility index (Phi) is 7.17. The monoisotopic (exact) mass is 435 g/mol. The van der Waals surface area contributed by atoms with E-state index in [1.165, 1.54) is 30.3 Å². The van der Waals surface area contributed by atoms with Gasteiger partial charge in [0.05, 0.1) is 6.04 Å². The molecule has 1 aliphatic heterocycles. The summed E-state index contributed by atoms with van der Waals surface area (Å²) in [7, 11) is 0. The van der Waals surface area contributed by atoms with E-state index in [-0.39, 0.29) is 17.6 Å². The molecule has 0 aliphatic carbocycles. The first-order valence-corrected chi connectivity index (χ1v) is 9.90. The van der Waals surface area contributed by atoms with Gasteiger partial charge >= 0.3 is 6.61 Å². The van der Waals surface area contributed by atoms with Crippen LogP contribution in [0, 0.1) is 12.7 Å². The Balaban J connectivity index is 1.52. The number of anilines is 1. The third-order valence-corrected chi connectivity index (χ3v) is 5.29. The molecule has 0 spiro atoms. The van der Waals surface area contributed by atoms with Gasteiger partial charge in [0.1, 0.15) is 11.6 Å². The van der Waals surface area contributed by atoms with Crippen LogP contribution in [0.5, 0.6) is 5.75 Å². The summed E-state index contributed by atoms with van der Waals surface area (Å²) in [6.45, 7) is 2.33. The third-order valence-electron chi connectivity index (χ3n) is 5.29. The second-order valence-corrected chi connectivity index (χ2v) is 7.36. The molecule has 2 aromatic rings. The van der Waals surface area contributed by atoms with Crippen molar-refractivity contribution >= 4 is 17.5 Å². The van der Waals surface area contributed by atoms with Crippen LogP contribution in [0.15, 0.2) is 42.5 Å². The molecule has 31 heavy (non-hydrogen) atoms. The fourth-order valence-corrected chi connectivity index (χ4v) is 3.35. The predicted molar refractivity (Wildman–Crippen MR) is 110 cm³/mol. The molecule has 1 heterocycles. The van der Waals surface area contributed by atoms with E-state index >= 15 is 0 Å². The number of benzene rings is 2. The zero-order chi connectivity index (χ0) is 22.5. The number of ether oxygens (including phenoxy) is 1. The first kappa shape index (κ1) is 22.6. The van der Waals surface area contributed by atoms with Crippen LogP contribution in [0.4, 0.5) is 18.9 Å². The quantitative estimate of drug-likeness (QED) is 0.754. The van der Waals surface area contributed by atoms with Crippen molar-refractivity contribution in [2.45, 2.75) is 26.5 Å². The lowest BCUT2D eigenvalue weighted by Gasteiger charge is -2.37. The van der Waals surface area contributed by atoms with Crippen molar-refractivity contribution < 1.29 is 27.5 Å². The van der Waals surface area contributed by atoms with Crippen LogP contribution in [0.1, 0.15) is 22.8 Å². The first-order chi connectivity index (χ1) is 14.7. The van der Waals surface area contributed by atoms with E-state index < -0.39 is 18.5 Å². The summed E-state index contributed by atoms with van der Waals surface area (Å²) < 4.78 is 42.5. The molecule has 0 aromatic heterocycles. The number of halogens is 3. The van der Waals surface area contributed by atoms with Crippen molar-refractivity contribution in [1.82, 2.24) is 9.80 Å². The lowest BCUT2D eigenvalue weighted by Crippen LogP contribution is -2.54. The van der Waals surface area contributed by atoms with Gasteiger partial charge in [-0.05, 0) is 55.8 Å². The van der Waals surface area contributed by atoms with Gasteiger partial charge in [0.15, 0.2) is 0 Å². The van der Waals surface area contributed by atoms with Gasteiger partial charge in [-0.2, -0.15) is 8.78 Å². The standard InChI is InChI=1S/C22H24F3N3O3/c1-14-3-4-16(13-19(14)23)21(30)28-11-9-27(10-12-28)15(2)20(29)26-17-5-7-18(8-6-17)31-22(24)25/h3-8,13,15,22H,9-12H2,1-2H3,(H,26,29). The Morgan fingerprint density at radius 3 is 2.26 bits per heavy atom. The molecule has 166 valence electrons. The molecule has 1 unspecified atom stereocenters. The molecule has 1 N–H and O–H groups in total. The van der Waals surface area contributed by atoms with E-state index in [2.05, 4.69) is 10.1 Å². The van der Waals surface area contributed by atoms with E-state index in [0.29, 0.717) is 43.0 Å². The van der Waals surface area contributed by atoms with Gasteiger partial charge in [0.25, 0.3) is 5.91 Å². The molecular weight excluding hydrogens is 411 g/mol. The average molecular weight is 435 g/mol. The molecule has 1 saturated heterocycles. The van der Waals surface area contributed by atoms with Crippen LogP contribution >= 0.6 is 0 Å². The number of nitrogens with one attached hydrogen (secondary N) is 1. The van der Waals surface area contributed by atoms with Gasteiger partial charge < -0.3 is 15.0 Å². The number of aryl methyl sites for hydroxylation is 1. The normalized spacial score (nSPS) is 15.6. The highest BCUT2D eigenvalue weighted by Crippen LogP contribution is 2.19. The minimum atomic E-state index is -2.91. The van der Waals surface area contributed by atoms with E-state index in [0.717, 1.165) is 0 Å². The summed E-state index contributed by atoms with van der Waals surface area (Å²) in [6.07, 6.45) is 0. The lowest BCUT2D eigenvalue weighted by molar-refractivity contribution is -0.121. The Morgan fingerprint density at radius 1 is 1.03 bits per heavy atom. The Hall–Kier alpha value is -3.07. The van der Waals surface area contributed by atoms with E-state index in [1.807, 2.05) is 4.90 Å². The van der Waals surface area contributed by atoms with Crippen molar-refractivity contribution in [3.05, 3.63) is 59.4 Å². The van der Waals surface area contributed by atoms with Crippen molar-refractivity contribution in [2.75, 3.05) is 31.5 Å². The number of hydrogen-bond donors (Lipinski definition) is 1. The summed E-state index contributed by atoms with van der Waals surface area (Å²) in [5.41, 5.74) is 1.26. The van der Waals surface area contributed by atoms with Gasteiger partial charge in [0, 0.05) is 37.4 Å². The molecule has 9 heteroatoms. The molecule has 2 amide bonds. The zero-order valence-electron chi connectivity index (χ0n) is 17.3. The summed E-state index contributed by atoms with van der Waals surface area (Å²) in [4.78, 5) is 28.8. The third kappa shape index (κ3) is 5.75. The number of hydrogen-bond acceptors (Lipinski definition) is 4. The number of carbonyl (C=O) groups is 2. The highest BCUT2D eigenvalue weighted by molar-refractivity contribution is 5.95. The van der Waals surface area contributed by atoms with E-state index in [1.54, 1.807) is 30.9 Å². The Bertz CT molecular complexity index is 929. The van der Waals surface area contributed by atoms with Gasteiger partial charge in [-0.15, -0.1) is 0 Å². The second-order valence-electron chi connectivity index (χ2n) is 7.36. The maximum atomic E-state index is 13.8. The molecule has 0 saturated carbocycles. The molecule has 1 aliphatic rings. The highest BCUT2D eigenvalue weighted by Gasteiger charge is 2.28. The molecule has 1 atom stereocenters. The molecule has 3 rings (SSSR count). The van der Waals surface area contributed by atoms with Gasteiger partial charge in [-0.25, -0.2) is 4.39 Å². The van der Waals surface area contributed by atoms with Crippen LogP contribution < -0.4 is 10.1 Å². The molecular formula is C22H24F3N3O3. The molecule has 1 fully saturated rings. The van der Waals surface area contributed by atoms with Crippen LogP contribution in [0.2, 0.25) is 0 Å². The minimum Gasteiger partial charge on any atom is -0.435 e. The van der Waals surface area contributed by atoms with Crippen LogP contribution in [-0.4, -0.2) is 60.4 Å². The minimum absolute atomic E-state index is 0.00953. The Labute approximate surface area is 178 Å². The highest BCUT2D eigenvalue weighted by atomic mass is 19.3. The SMILES string of the molecule is Cc1ccc(C(=O)N2CCN(C(C)C(=O)Nc3ccc(OC(F)F)cc3)CC2)cc1F. The number of amides is 2. The fourth-order valence-electron chi connectivity index (χ4n) is 3.35. The number of rotatable bonds is 6. The first-order valence-electron chi connectivity index (χ1n) is 9.90. The second kappa shape index (κ2) is 9.82. The van der Waals surface area contributed by atoms with Crippen LogP contribution in [0.25, 0.3) is 0 Å². The van der Waals surface area contributed by atoms with Gasteiger partial charge in [0.2, 0.25) is 5.91 Å². The number of carbonyl (C=O) groups excluding carboxylic acids is 2. The zero-order valence-corrected chi connectivity index (χ0v) is 17.3. The molecule has 0 bridgehead atoms. The summed E-state index contributed by atoms with van der Waals surface area (Å²) in [5.74, 6) is -0.886. The Morgan fingerprint density at radius 2 is 1.68 bits per heavy atom. The van der Waals surface area contributed by atoms with Gasteiger partial charge in [-0.3, -0.25) is 14.5 Å². The van der Waals surface area contributed by atoms with Crippen molar-refractivity contribution in [1.29, 1.82) is 0 Å². The lowest BCUT2D eigenvalue weighted by atomic mass is 10.1. The van der Waals surface area contributed by atoms with Crippen molar-refractivity contribution in [3.8, 4) is 5.75 Å². The van der Waals surface area contributed by atoms with E-state index in [4.69, 9.17) is 0 Å². The van der Waals surface area contributed by atoms with Crippen LogP contribution in [0.3, 0.4) is 0 Å². The topological polar surface area (TPSA) is 61.9 Å². The number of alkyl halides is 2. The molecule has 2 aromatic carbocycles.